The lowest BCUT2D eigenvalue weighted by atomic mass is 10.2. The maximum absolute atomic E-state index is 10.7. The average molecular weight is 209 g/mol. The third kappa shape index (κ3) is 2.60. The molecule has 1 aromatic carbocycles. The Morgan fingerprint density at radius 2 is 2.27 bits per heavy atom. The van der Waals surface area contributed by atoms with E-state index in [1.54, 1.807) is 0 Å². The maximum Gasteiger partial charge on any atom is 0.339 e. The first-order valence-electron chi connectivity index (χ1n) is 4.07. The molecule has 0 unspecified atom stereocenters. The Hall–Kier alpha value is -2.24. The molecule has 0 aliphatic carbocycles. The summed E-state index contributed by atoms with van der Waals surface area (Å²) >= 11 is 0. The predicted molar refractivity (Wildman–Crippen MR) is 55.5 cm³/mol. The van der Waals surface area contributed by atoms with Crippen molar-refractivity contribution in [2.45, 2.75) is 0 Å². The first-order chi connectivity index (χ1) is 7.04. The van der Waals surface area contributed by atoms with Gasteiger partial charge in [-0.15, -0.1) is 0 Å². The molecule has 0 aromatic heterocycles. The highest BCUT2D eigenvalue weighted by Crippen LogP contribution is 2.22. The molecule has 0 amide bonds. The van der Waals surface area contributed by atoms with Crippen molar-refractivity contribution in [1.29, 1.82) is 5.41 Å². The van der Waals surface area contributed by atoms with Gasteiger partial charge in [-0.25, -0.2) is 4.79 Å². The van der Waals surface area contributed by atoms with Gasteiger partial charge in [0.15, 0.2) is 5.96 Å². The molecule has 1 rings (SSSR count). The first kappa shape index (κ1) is 10.8. The van der Waals surface area contributed by atoms with Gasteiger partial charge in [0, 0.05) is 11.8 Å². The topological polar surface area (TPSA) is 108 Å². The lowest BCUT2D eigenvalue weighted by molar-refractivity contribution is 0.0693. The predicted octanol–water partition coefficient (Wildman–Crippen LogP) is 0.699. The molecule has 5 N–H and O–H groups in total. The van der Waals surface area contributed by atoms with E-state index in [1.807, 2.05) is 0 Å². The Morgan fingerprint density at radius 1 is 1.60 bits per heavy atom. The number of hydrogen-bond acceptors (Lipinski definition) is 3. The molecule has 0 radical (unpaired) electrons. The van der Waals surface area contributed by atoms with Crippen molar-refractivity contribution in [2.24, 2.45) is 5.73 Å². The van der Waals surface area contributed by atoms with E-state index in [0.29, 0.717) is 5.69 Å². The molecule has 0 atom stereocenters. The summed E-state index contributed by atoms with van der Waals surface area (Å²) in [5, 5.41) is 18.3. The van der Waals surface area contributed by atoms with Gasteiger partial charge in [0.1, 0.15) is 11.3 Å². The zero-order valence-electron chi connectivity index (χ0n) is 8.07. The molecular formula is C9H11N3O3. The van der Waals surface area contributed by atoms with Crippen molar-refractivity contribution in [3.05, 3.63) is 23.8 Å². The van der Waals surface area contributed by atoms with Gasteiger partial charge in [-0.1, -0.05) is 0 Å². The van der Waals surface area contributed by atoms with Crippen LogP contribution >= 0.6 is 0 Å². The van der Waals surface area contributed by atoms with Crippen LogP contribution in [-0.2, 0) is 0 Å². The number of rotatable bonds is 3. The standard InChI is InChI=1S/C9H11N3O3/c1-15-7-4-5(12-9(10)11)2-3-6(7)8(13)14/h2-4H,1H3,(H,13,14)(H4,10,11,12). The molecule has 15 heavy (non-hydrogen) atoms. The molecule has 0 bridgehead atoms. The second-order valence-corrected chi connectivity index (χ2v) is 2.76. The number of nitrogens with one attached hydrogen (secondary N) is 2. The van der Waals surface area contributed by atoms with Crippen molar-refractivity contribution in [2.75, 3.05) is 12.4 Å². The summed E-state index contributed by atoms with van der Waals surface area (Å²) in [6.07, 6.45) is 0. The SMILES string of the molecule is COc1cc(NC(=N)N)ccc1C(=O)O. The maximum atomic E-state index is 10.7. The van der Waals surface area contributed by atoms with Crippen LogP contribution in [0.3, 0.4) is 0 Å². The van der Waals surface area contributed by atoms with E-state index < -0.39 is 5.97 Å². The Kier molecular flexibility index (Phi) is 3.12. The number of anilines is 1. The van der Waals surface area contributed by atoms with Crippen LogP contribution < -0.4 is 15.8 Å². The lowest BCUT2D eigenvalue weighted by Gasteiger charge is -2.08. The molecule has 0 saturated carbocycles. The van der Waals surface area contributed by atoms with Gasteiger partial charge < -0.3 is 20.9 Å². The number of hydrogen-bond donors (Lipinski definition) is 4. The fraction of sp³-hybridized carbons (Fsp3) is 0.111. The van der Waals surface area contributed by atoms with Crippen LogP contribution in [0.5, 0.6) is 5.75 Å². The fourth-order valence-electron chi connectivity index (χ4n) is 1.10. The van der Waals surface area contributed by atoms with Crippen LogP contribution in [0, 0.1) is 5.41 Å². The van der Waals surface area contributed by atoms with Gasteiger partial charge in [0.05, 0.1) is 7.11 Å². The van der Waals surface area contributed by atoms with Crippen LogP contribution in [0.15, 0.2) is 18.2 Å². The zero-order chi connectivity index (χ0) is 11.4. The average Bonchev–Trinajstić information content (AvgIpc) is 2.16. The third-order valence-corrected chi connectivity index (χ3v) is 1.71. The van der Waals surface area contributed by atoms with Crippen molar-refractivity contribution in [3.63, 3.8) is 0 Å². The Bertz CT molecular complexity index is 404. The van der Waals surface area contributed by atoms with Crippen LogP contribution in [0.4, 0.5) is 5.69 Å². The fourth-order valence-corrected chi connectivity index (χ4v) is 1.10. The number of guanidine groups is 1. The number of carbonyl (C=O) groups is 1. The van der Waals surface area contributed by atoms with E-state index >= 15 is 0 Å². The van der Waals surface area contributed by atoms with Gasteiger partial charge in [0.2, 0.25) is 0 Å². The largest absolute Gasteiger partial charge is 0.496 e. The number of ether oxygens (including phenoxy) is 1. The van der Waals surface area contributed by atoms with Crippen molar-refractivity contribution >= 4 is 17.6 Å². The summed E-state index contributed by atoms with van der Waals surface area (Å²) in [7, 11) is 1.37. The van der Waals surface area contributed by atoms with Crippen LogP contribution in [0.2, 0.25) is 0 Å². The zero-order valence-corrected chi connectivity index (χ0v) is 8.07. The number of carboxylic acids is 1. The Balaban J connectivity index is 3.07. The van der Waals surface area contributed by atoms with Crippen molar-refractivity contribution in [1.82, 2.24) is 0 Å². The summed E-state index contributed by atoms with van der Waals surface area (Å²) in [6.45, 7) is 0. The normalized spacial score (nSPS) is 9.40. The molecule has 0 aliphatic heterocycles. The van der Waals surface area contributed by atoms with E-state index in [2.05, 4.69) is 5.32 Å². The first-order valence-corrected chi connectivity index (χ1v) is 4.07. The van der Waals surface area contributed by atoms with E-state index in [0.717, 1.165) is 0 Å². The second kappa shape index (κ2) is 4.32. The number of benzene rings is 1. The van der Waals surface area contributed by atoms with Gasteiger partial charge >= 0.3 is 5.97 Å². The van der Waals surface area contributed by atoms with Gasteiger partial charge in [-0.3, -0.25) is 5.41 Å². The van der Waals surface area contributed by atoms with E-state index in [4.69, 9.17) is 21.0 Å². The van der Waals surface area contributed by atoms with Crippen molar-refractivity contribution in [3.8, 4) is 5.75 Å². The van der Waals surface area contributed by atoms with E-state index in [-0.39, 0.29) is 17.3 Å². The minimum absolute atomic E-state index is 0.0617. The molecule has 80 valence electrons. The Morgan fingerprint density at radius 3 is 2.73 bits per heavy atom. The minimum Gasteiger partial charge on any atom is -0.496 e. The summed E-state index contributed by atoms with van der Waals surface area (Å²) < 4.78 is 4.90. The van der Waals surface area contributed by atoms with Crippen LogP contribution in [0.25, 0.3) is 0 Å². The highest BCUT2D eigenvalue weighted by molar-refractivity contribution is 5.94. The molecular weight excluding hydrogens is 198 g/mol. The van der Waals surface area contributed by atoms with Crippen LogP contribution in [-0.4, -0.2) is 24.1 Å². The monoisotopic (exact) mass is 209 g/mol. The van der Waals surface area contributed by atoms with Crippen molar-refractivity contribution < 1.29 is 14.6 Å². The minimum atomic E-state index is -1.07. The van der Waals surface area contributed by atoms with E-state index in [1.165, 1.54) is 25.3 Å². The summed E-state index contributed by atoms with van der Waals surface area (Å²) in [5.41, 5.74) is 5.69. The summed E-state index contributed by atoms with van der Waals surface area (Å²) in [5.74, 6) is -1.07. The molecule has 6 nitrogen and oxygen atoms in total. The van der Waals surface area contributed by atoms with Gasteiger partial charge in [-0.2, -0.15) is 0 Å². The number of nitrogens with two attached hydrogens (primary N) is 1. The molecule has 0 aliphatic rings. The molecule has 0 spiro atoms. The highest BCUT2D eigenvalue weighted by Gasteiger charge is 2.10. The molecule has 0 heterocycles. The summed E-state index contributed by atoms with van der Waals surface area (Å²) in [4.78, 5) is 10.7. The number of carboxylic acid groups (broad SMARTS) is 1. The number of methoxy groups -OCH3 is 1. The molecule has 6 heteroatoms. The second-order valence-electron chi connectivity index (χ2n) is 2.76. The summed E-state index contributed by atoms with van der Waals surface area (Å²) in [6, 6.07) is 4.35. The molecule has 0 saturated heterocycles. The molecule has 0 fully saturated rings. The molecule has 1 aromatic rings. The number of aromatic carboxylic acids is 1. The van der Waals surface area contributed by atoms with E-state index in [9.17, 15) is 4.79 Å². The quantitative estimate of drug-likeness (QED) is 0.433. The van der Waals surface area contributed by atoms with Gasteiger partial charge in [0.25, 0.3) is 0 Å². The highest BCUT2D eigenvalue weighted by atomic mass is 16.5. The lowest BCUT2D eigenvalue weighted by Crippen LogP contribution is -2.20. The Labute approximate surface area is 86.2 Å². The van der Waals surface area contributed by atoms with Crippen LogP contribution in [0.1, 0.15) is 10.4 Å². The smallest absolute Gasteiger partial charge is 0.339 e. The van der Waals surface area contributed by atoms with Gasteiger partial charge in [-0.05, 0) is 12.1 Å². The third-order valence-electron chi connectivity index (χ3n) is 1.71.